The molecular formula is C12H15N5O. The summed E-state index contributed by atoms with van der Waals surface area (Å²) < 4.78 is 5.32. The van der Waals surface area contributed by atoms with E-state index in [0.29, 0.717) is 11.4 Å². The van der Waals surface area contributed by atoms with Crippen LogP contribution < -0.4 is 16.2 Å². The summed E-state index contributed by atoms with van der Waals surface area (Å²) >= 11 is 0. The lowest BCUT2D eigenvalue weighted by Gasteiger charge is -2.07. The van der Waals surface area contributed by atoms with Crippen LogP contribution in [0.2, 0.25) is 0 Å². The van der Waals surface area contributed by atoms with Gasteiger partial charge in [-0.1, -0.05) is 0 Å². The van der Waals surface area contributed by atoms with E-state index in [1.807, 2.05) is 13.0 Å². The Bertz CT molecular complexity index is 584. The van der Waals surface area contributed by atoms with Gasteiger partial charge in [0.25, 0.3) is 0 Å². The molecule has 0 bridgehead atoms. The van der Waals surface area contributed by atoms with Gasteiger partial charge in [-0.25, -0.2) is 9.98 Å². The van der Waals surface area contributed by atoms with Gasteiger partial charge in [-0.3, -0.25) is 0 Å². The summed E-state index contributed by atoms with van der Waals surface area (Å²) in [6, 6.07) is 5.42. The van der Waals surface area contributed by atoms with E-state index >= 15 is 0 Å². The van der Waals surface area contributed by atoms with E-state index in [1.165, 1.54) is 0 Å². The second kappa shape index (κ2) is 4.79. The molecule has 0 aliphatic heterocycles. The molecule has 0 fully saturated rings. The number of imidazole rings is 1. The van der Waals surface area contributed by atoms with Crippen LogP contribution in [0.3, 0.4) is 0 Å². The fourth-order valence-electron chi connectivity index (χ4n) is 1.64. The van der Waals surface area contributed by atoms with Crippen LogP contribution in [0.1, 0.15) is 5.69 Å². The lowest BCUT2D eigenvalue weighted by Crippen LogP contribution is -2.21. The Kier molecular flexibility index (Phi) is 3.18. The van der Waals surface area contributed by atoms with Crippen molar-refractivity contribution in [2.75, 3.05) is 7.11 Å². The van der Waals surface area contributed by atoms with Gasteiger partial charge >= 0.3 is 0 Å². The number of nitrogens with two attached hydrogens (primary N) is 2. The zero-order chi connectivity index (χ0) is 13.1. The van der Waals surface area contributed by atoms with Crippen molar-refractivity contribution in [2.24, 2.45) is 16.5 Å². The minimum atomic E-state index is 0.0126. The van der Waals surface area contributed by atoms with Gasteiger partial charge in [-0.2, -0.15) is 0 Å². The number of H-pyrrole nitrogens is 1. The molecule has 0 atom stereocenters. The van der Waals surface area contributed by atoms with Gasteiger partial charge in [0.2, 0.25) is 0 Å². The van der Waals surface area contributed by atoms with E-state index < -0.39 is 0 Å². The molecule has 94 valence electrons. The number of aromatic nitrogens is 2. The molecule has 0 saturated carbocycles. The first-order chi connectivity index (χ1) is 8.60. The summed E-state index contributed by atoms with van der Waals surface area (Å²) in [7, 11) is 1.59. The van der Waals surface area contributed by atoms with Crippen molar-refractivity contribution in [3.63, 3.8) is 0 Å². The highest BCUT2D eigenvalue weighted by Crippen LogP contribution is 2.31. The summed E-state index contributed by atoms with van der Waals surface area (Å²) in [5.41, 5.74) is 13.2. The van der Waals surface area contributed by atoms with Crippen molar-refractivity contribution in [3.05, 3.63) is 30.1 Å². The normalized spacial score (nSPS) is 10.1. The number of guanidine groups is 1. The molecule has 1 aromatic carbocycles. The zero-order valence-corrected chi connectivity index (χ0v) is 10.3. The van der Waals surface area contributed by atoms with Crippen LogP contribution in [-0.4, -0.2) is 23.0 Å². The van der Waals surface area contributed by atoms with Gasteiger partial charge < -0.3 is 21.2 Å². The highest BCUT2D eigenvalue weighted by molar-refractivity contribution is 5.80. The summed E-state index contributed by atoms with van der Waals surface area (Å²) in [6.07, 6.45) is 1.76. The van der Waals surface area contributed by atoms with Gasteiger partial charge in [-0.05, 0) is 19.1 Å². The number of rotatable bonds is 3. The van der Waals surface area contributed by atoms with Crippen LogP contribution in [-0.2, 0) is 0 Å². The quantitative estimate of drug-likeness (QED) is 0.560. The Morgan fingerprint density at radius 2 is 2.17 bits per heavy atom. The number of aromatic amines is 1. The van der Waals surface area contributed by atoms with Crippen molar-refractivity contribution in [1.82, 2.24) is 9.97 Å². The molecule has 2 rings (SSSR count). The Hall–Kier alpha value is -2.50. The number of benzene rings is 1. The van der Waals surface area contributed by atoms with Gasteiger partial charge in [0.1, 0.15) is 11.6 Å². The Balaban J connectivity index is 2.46. The molecule has 2 aromatic rings. The van der Waals surface area contributed by atoms with Crippen molar-refractivity contribution >= 4 is 11.6 Å². The van der Waals surface area contributed by atoms with E-state index in [9.17, 15) is 0 Å². The molecule has 6 nitrogen and oxygen atoms in total. The van der Waals surface area contributed by atoms with Crippen molar-refractivity contribution < 1.29 is 4.74 Å². The first kappa shape index (κ1) is 12.0. The van der Waals surface area contributed by atoms with Gasteiger partial charge in [0.05, 0.1) is 18.4 Å². The molecule has 0 saturated heterocycles. The number of ether oxygens (including phenoxy) is 1. The predicted octanol–water partition coefficient (Wildman–Crippen LogP) is 1.30. The minimum Gasteiger partial charge on any atom is -0.496 e. The zero-order valence-electron chi connectivity index (χ0n) is 10.3. The highest BCUT2D eigenvalue weighted by atomic mass is 16.5. The van der Waals surface area contributed by atoms with E-state index in [1.54, 1.807) is 25.4 Å². The fourth-order valence-corrected chi connectivity index (χ4v) is 1.64. The van der Waals surface area contributed by atoms with Gasteiger partial charge in [0.15, 0.2) is 5.96 Å². The third kappa shape index (κ3) is 2.42. The maximum atomic E-state index is 5.34. The second-order valence-electron chi connectivity index (χ2n) is 3.84. The average Bonchev–Trinajstić information content (AvgIpc) is 2.74. The number of aryl methyl sites for hydroxylation is 1. The lowest BCUT2D eigenvalue weighted by molar-refractivity contribution is 0.416. The number of hydrogen-bond donors (Lipinski definition) is 3. The molecule has 0 spiro atoms. The van der Waals surface area contributed by atoms with Crippen molar-refractivity contribution in [3.8, 4) is 17.1 Å². The second-order valence-corrected chi connectivity index (χ2v) is 3.84. The van der Waals surface area contributed by atoms with Crippen LogP contribution in [0, 0.1) is 6.92 Å². The molecular weight excluding hydrogens is 230 g/mol. The topological polar surface area (TPSA) is 102 Å². The molecule has 0 amide bonds. The molecule has 1 aromatic heterocycles. The molecule has 6 heteroatoms. The maximum absolute atomic E-state index is 5.34. The van der Waals surface area contributed by atoms with E-state index in [4.69, 9.17) is 16.2 Å². The van der Waals surface area contributed by atoms with Crippen LogP contribution in [0.5, 0.6) is 5.75 Å². The number of nitrogens with one attached hydrogen (secondary N) is 1. The monoisotopic (exact) mass is 245 g/mol. The lowest BCUT2D eigenvalue weighted by atomic mass is 10.1. The molecule has 1 heterocycles. The number of methoxy groups -OCH3 is 1. The molecule has 5 N–H and O–H groups in total. The smallest absolute Gasteiger partial charge is 0.191 e. The summed E-state index contributed by atoms with van der Waals surface area (Å²) in [5, 5.41) is 0. The maximum Gasteiger partial charge on any atom is 0.191 e. The van der Waals surface area contributed by atoms with Crippen LogP contribution in [0.15, 0.2) is 29.4 Å². The van der Waals surface area contributed by atoms with Gasteiger partial charge in [0, 0.05) is 18.0 Å². The van der Waals surface area contributed by atoms with Crippen LogP contribution in [0.25, 0.3) is 11.4 Å². The highest BCUT2D eigenvalue weighted by Gasteiger charge is 2.09. The number of aliphatic imine (C=N–C) groups is 1. The summed E-state index contributed by atoms with van der Waals surface area (Å²) in [5.74, 6) is 1.42. The van der Waals surface area contributed by atoms with E-state index in [2.05, 4.69) is 15.0 Å². The van der Waals surface area contributed by atoms with Crippen molar-refractivity contribution in [2.45, 2.75) is 6.92 Å². The summed E-state index contributed by atoms with van der Waals surface area (Å²) in [4.78, 5) is 11.4. The Morgan fingerprint density at radius 1 is 1.39 bits per heavy atom. The summed E-state index contributed by atoms with van der Waals surface area (Å²) in [6.45, 7) is 1.94. The van der Waals surface area contributed by atoms with Crippen LogP contribution >= 0.6 is 0 Å². The largest absolute Gasteiger partial charge is 0.496 e. The first-order valence-corrected chi connectivity index (χ1v) is 5.40. The Morgan fingerprint density at radius 3 is 2.72 bits per heavy atom. The van der Waals surface area contributed by atoms with Gasteiger partial charge in [-0.15, -0.1) is 0 Å². The van der Waals surface area contributed by atoms with Crippen LogP contribution in [0.4, 0.5) is 5.69 Å². The van der Waals surface area contributed by atoms with E-state index in [-0.39, 0.29) is 5.96 Å². The van der Waals surface area contributed by atoms with E-state index in [0.717, 1.165) is 17.1 Å². The predicted molar refractivity (Wildman–Crippen MR) is 70.8 cm³/mol. The molecule has 0 unspecified atom stereocenters. The minimum absolute atomic E-state index is 0.0126. The standard InChI is InChI=1S/C12H15N5O/c1-7-6-15-11(16-7)9-4-3-8(17-12(13)14)5-10(9)18-2/h3-6H,1-2H3,(H,15,16)(H4,13,14,17). The molecule has 0 aliphatic rings. The number of hydrogen-bond acceptors (Lipinski definition) is 3. The molecule has 0 aliphatic carbocycles. The first-order valence-electron chi connectivity index (χ1n) is 5.40. The SMILES string of the molecule is COc1cc(N=C(N)N)ccc1-c1ncc(C)[nH]1. The van der Waals surface area contributed by atoms with Crippen molar-refractivity contribution in [1.29, 1.82) is 0 Å². The average molecular weight is 245 g/mol. The molecule has 18 heavy (non-hydrogen) atoms. The fraction of sp³-hybridized carbons (Fsp3) is 0.167. The third-order valence-electron chi connectivity index (χ3n) is 2.40. The third-order valence-corrected chi connectivity index (χ3v) is 2.40. The number of nitrogens with zero attached hydrogens (tertiary/aromatic N) is 2. The molecule has 0 radical (unpaired) electrons. The Labute approximate surface area is 105 Å².